The molecule has 1 aromatic carbocycles. The Kier molecular flexibility index (Phi) is 5.45. The summed E-state index contributed by atoms with van der Waals surface area (Å²) in [7, 11) is 0. The number of carbonyl (C=O) groups excluding carboxylic acids is 2. The van der Waals surface area contributed by atoms with E-state index in [1.807, 2.05) is 36.1 Å². The summed E-state index contributed by atoms with van der Waals surface area (Å²) in [4.78, 5) is 27.3. The van der Waals surface area contributed by atoms with Crippen LogP contribution in [-0.4, -0.2) is 29.3 Å². The third kappa shape index (κ3) is 4.05. The third-order valence-electron chi connectivity index (χ3n) is 5.89. The van der Waals surface area contributed by atoms with Crippen LogP contribution in [0.5, 0.6) is 0 Å². The van der Waals surface area contributed by atoms with E-state index in [0.29, 0.717) is 19.5 Å². The summed E-state index contributed by atoms with van der Waals surface area (Å²) in [5, 5.41) is 3.11. The van der Waals surface area contributed by atoms with Gasteiger partial charge in [0.1, 0.15) is 0 Å². The molecule has 4 heteroatoms. The van der Waals surface area contributed by atoms with Gasteiger partial charge in [-0.3, -0.25) is 9.59 Å². The maximum absolute atomic E-state index is 12.7. The molecule has 2 amide bonds. The Bertz CT molecular complexity index is 635. The Morgan fingerprint density at radius 1 is 1.24 bits per heavy atom. The molecule has 1 aliphatic carbocycles. The van der Waals surface area contributed by atoms with Crippen molar-refractivity contribution in [3.8, 4) is 0 Å². The molecule has 0 spiro atoms. The molecule has 3 rings (SSSR count). The van der Waals surface area contributed by atoms with Gasteiger partial charge in [-0.2, -0.15) is 0 Å². The molecule has 0 saturated heterocycles. The first-order valence-electron chi connectivity index (χ1n) is 9.69. The molecule has 1 fully saturated rings. The van der Waals surface area contributed by atoms with Crippen LogP contribution >= 0.6 is 0 Å². The fourth-order valence-electron chi connectivity index (χ4n) is 4.31. The van der Waals surface area contributed by atoms with Crippen LogP contribution in [0.3, 0.4) is 0 Å². The molecule has 25 heavy (non-hydrogen) atoms. The topological polar surface area (TPSA) is 49.4 Å². The molecular weight excluding hydrogens is 312 g/mol. The first-order valence-corrected chi connectivity index (χ1v) is 9.69. The van der Waals surface area contributed by atoms with E-state index in [-0.39, 0.29) is 23.3 Å². The van der Waals surface area contributed by atoms with Crippen molar-refractivity contribution in [2.24, 2.45) is 5.41 Å². The molecule has 1 atom stereocenters. The van der Waals surface area contributed by atoms with E-state index in [1.165, 1.54) is 6.42 Å². The smallest absolute Gasteiger partial charge is 0.254 e. The number of amides is 2. The Morgan fingerprint density at radius 3 is 2.64 bits per heavy atom. The van der Waals surface area contributed by atoms with E-state index >= 15 is 0 Å². The van der Waals surface area contributed by atoms with E-state index < -0.39 is 0 Å². The van der Waals surface area contributed by atoms with Gasteiger partial charge in [0.15, 0.2) is 0 Å². The second-order valence-corrected chi connectivity index (χ2v) is 7.93. The summed E-state index contributed by atoms with van der Waals surface area (Å²) in [5.41, 5.74) is 1.88. The molecule has 1 N–H and O–H groups in total. The van der Waals surface area contributed by atoms with Gasteiger partial charge in [0.05, 0.1) is 0 Å². The Balaban J connectivity index is 1.71. The summed E-state index contributed by atoms with van der Waals surface area (Å²) in [6.45, 7) is 5.52. The number of hydrogen-bond donors (Lipinski definition) is 1. The van der Waals surface area contributed by atoms with Crippen molar-refractivity contribution in [2.45, 2.75) is 71.4 Å². The van der Waals surface area contributed by atoms with Crippen LogP contribution in [0.2, 0.25) is 0 Å². The minimum Gasteiger partial charge on any atom is -0.354 e. The molecule has 1 aromatic rings. The molecule has 0 bridgehead atoms. The number of hydrogen-bond acceptors (Lipinski definition) is 2. The molecule has 1 saturated carbocycles. The molecule has 0 radical (unpaired) electrons. The molecule has 4 nitrogen and oxygen atoms in total. The Hall–Kier alpha value is -1.84. The fraction of sp³-hybridized carbons (Fsp3) is 0.619. The molecule has 1 aliphatic heterocycles. The van der Waals surface area contributed by atoms with Crippen LogP contribution in [0.4, 0.5) is 0 Å². The van der Waals surface area contributed by atoms with Gasteiger partial charge in [0, 0.05) is 31.1 Å². The first kappa shape index (κ1) is 18.0. The lowest BCUT2D eigenvalue weighted by Gasteiger charge is -2.40. The standard InChI is InChI=1S/C21H30N2O2/c1-3-16(2)22-19(24)13-21(11-7-4-8-12-21)15-23-14-17-9-5-6-10-18(17)20(23)25/h5-6,9-10,16H,3-4,7-8,11-15H2,1-2H3,(H,22,24). The number of nitrogens with zero attached hydrogens (tertiary/aromatic N) is 1. The fourth-order valence-corrected chi connectivity index (χ4v) is 4.31. The van der Waals surface area contributed by atoms with Crippen LogP contribution in [0, 0.1) is 5.41 Å². The van der Waals surface area contributed by atoms with Crippen molar-refractivity contribution < 1.29 is 9.59 Å². The average Bonchev–Trinajstić information content (AvgIpc) is 2.91. The number of rotatable bonds is 6. The van der Waals surface area contributed by atoms with Crippen LogP contribution in [0.1, 0.15) is 74.7 Å². The maximum Gasteiger partial charge on any atom is 0.254 e. The molecule has 1 unspecified atom stereocenters. The average molecular weight is 342 g/mol. The molecule has 0 aromatic heterocycles. The van der Waals surface area contributed by atoms with E-state index in [0.717, 1.165) is 43.2 Å². The number of benzene rings is 1. The van der Waals surface area contributed by atoms with E-state index in [1.54, 1.807) is 0 Å². The summed E-state index contributed by atoms with van der Waals surface area (Å²) < 4.78 is 0. The van der Waals surface area contributed by atoms with Crippen molar-refractivity contribution in [3.63, 3.8) is 0 Å². The van der Waals surface area contributed by atoms with Gasteiger partial charge in [-0.1, -0.05) is 44.4 Å². The molecule has 136 valence electrons. The summed E-state index contributed by atoms with van der Waals surface area (Å²) in [5.74, 6) is 0.267. The van der Waals surface area contributed by atoms with Crippen molar-refractivity contribution in [2.75, 3.05) is 6.54 Å². The lowest BCUT2D eigenvalue weighted by molar-refractivity contribution is -0.125. The summed E-state index contributed by atoms with van der Waals surface area (Å²) >= 11 is 0. The van der Waals surface area contributed by atoms with Crippen LogP contribution in [-0.2, 0) is 11.3 Å². The second kappa shape index (κ2) is 7.59. The van der Waals surface area contributed by atoms with Gasteiger partial charge >= 0.3 is 0 Å². The lowest BCUT2D eigenvalue weighted by Crippen LogP contribution is -2.44. The predicted octanol–water partition coefficient (Wildman–Crippen LogP) is 3.90. The zero-order valence-corrected chi connectivity index (χ0v) is 15.5. The van der Waals surface area contributed by atoms with Crippen molar-refractivity contribution >= 4 is 11.8 Å². The normalized spacial score (nSPS) is 20.2. The second-order valence-electron chi connectivity index (χ2n) is 7.93. The van der Waals surface area contributed by atoms with Crippen LogP contribution in [0.25, 0.3) is 0 Å². The Morgan fingerprint density at radius 2 is 1.96 bits per heavy atom. The van der Waals surface area contributed by atoms with Crippen LogP contribution < -0.4 is 5.32 Å². The van der Waals surface area contributed by atoms with Gasteiger partial charge in [-0.25, -0.2) is 0 Å². The Labute approximate surface area is 151 Å². The molecule has 2 aliphatic rings. The van der Waals surface area contributed by atoms with Crippen molar-refractivity contribution in [1.82, 2.24) is 10.2 Å². The van der Waals surface area contributed by atoms with Gasteiger partial charge < -0.3 is 10.2 Å². The molecule has 1 heterocycles. The van der Waals surface area contributed by atoms with E-state index in [2.05, 4.69) is 12.2 Å². The molecular formula is C21H30N2O2. The largest absolute Gasteiger partial charge is 0.354 e. The highest BCUT2D eigenvalue weighted by molar-refractivity contribution is 5.98. The van der Waals surface area contributed by atoms with Gasteiger partial charge in [0.25, 0.3) is 5.91 Å². The minimum absolute atomic E-state index is 0.0620. The number of nitrogens with one attached hydrogen (secondary N) is 1. The van der Waals surface area contributed by atoms with Crippen LogP contribution in [0.15, 0.2) is 24.3 Å². The summed E-state index contributed by atoms with van der Waals surface area (Å²) in [6, 6.07) is 8.09. The van der Waals surface area contributed by atoms with E-state index in [9.17, 15) is 9.59 Å². The monoisotopic (exact) mass is 342 g/mol. The maximum atomic E-state index is 12.7. The highest BCUT2D eigenvalue weighted by Crippen LogP contribution is 2.41. The van der Waals surface area contributed by atoms with Crippen molar-refractivity contribution in [1.29, 1.82) is 0 Å². The third-order valence-corrected chi connectivity index (χ3v) is 5.89. The van der Waals surface area contributed by atoms with Gasteiger partial charge in [-0.05, 0) is 43.2 Å². The highest BCUT2D eigenvalue weighted by Gasteiger charge is 2.39. The van der Waals surface area contributed by atoms with Gasteiger partial charge in [-0.15, -0.1) is 0 Å². The summed E-state index contributed by atoms with van der Waals surface area (Å²) in [6.07, 6.45) is 7.12. The number of carbonyl (C=O) groups is 2. The first-order chi connectivity index (χ1) is 12.0. The van der Waals surface area contributed by atoms with Gasteiger partial charge in [0.2, 0.25) is 5.91 Å². The quantitative estimate of drug-likeness (QED) is 0.852. The lowest BCUT2D eigenvalue weighted by atomic mass is 9.71. The zero-order chi connectivity index (χ0) is 17.9. The van der Waals surface area contributed by atoms with Crippen molar-refractivity contribution in [3.05, 3.63) is 35.4 Å². The van der Waals surface area contributed by atoms with E-state index in [4.69, 9.17) is 0 Å². The predicted molar refractivity (Wildman–Crippen MR) is 99.2 cm³/mol. The SMILES string of the molecule is CCC(C)NC(=O)CC1(CN2Cc3ccccc3C2=O)CCCCC1. The highest BCUT2D eigenvalue weighted by atomic mass is 16.2. The minimum atomic E-state index is -0.0620. The number of fused-ring (bicyclic) bond motifs is 1. The zero-order valence-electron chi connectivity index (χ0n) is 15.5.